The Hall–Kier alpha value is -2.75. The highest BCUT2D eigenvalue weighted by Crippen LogP contribution is 2.29. The Morgan fingerprint density at radius 2 is 2.44 bits per heavy atom. The summed E-state index contributed by atoms with van der Waals surface area (Å²) in [6.45, 7) is -0.121. The molecule has 0 saturated heterocycles. The molecule has 0 spiro atoms. The van der Waals surface area contributed by atoms with Crippen LogP contribution in [0.5, 0.6) is 11.5 Å². The molecular weight excluding hydrogens is 236 g/mol. The van der Waals surface area contributed by atoms with Gasteiger partial charge in [0.2, 0.25) is 0 Å². The number of amides is 2. The van der Waals surface area contributed by atoms with Crippen LogP contribution in [0.25, 0.3) is 0 Å². The van der Waals surface area contributed by atoms with E-state index in [-0.39, 0.29) is 6.61 Å². The van der Waals surface area contributed by atoms with Crippen molar-refractivity contribution in [2.45, 2.75) is 0 Å². The fourth-order valence-corrected chi connectivity index (χ4v) is 1.22. The molecular formula is C11H12N4O3. The first-order valence-corrected chi connectivity index (χ1v) is 4.94. The quantitative estimate of drug-likeness (QED) is 0.587. The molecule has 7 nitrogen and oxygen atoms in total. The lowest BCUT2D eigenvalue weighted by Crippen LogP contribution is -2.24. The third-order valence-electron chi connectivity index (χ3n) is 1.89. The second-order valence-electron chi connectivity index (χ2n) is 3.06. The predicted octanol–water partition coefficient (Wildman–Crippen LogP) is 0.600. The lowest BCUT2D eigenvalue weighted by Gasteiger charge is -2.10. The largest absolute Gasteiger partial charge is 0.493 e. The van der Waals surface area contributed by atoms with Gasteiger partial charge in [0.15, 0.2) is 18.1 Å². The number of primary amides is 1. The first kappa shape index (κ1) is 13.3. The van der Waals surface area contributed by atoms with E-state index in [9.17, 15) is 4.79 Å². The molecule has 0 aliphatic rings. The van der Waals surface area contributed by atoms with E-state index in [1.807, 2.05) is 6.07 Å². The minimum absolute atomic E-state index is 0.121. The van der Waals surface area contributed by atoms with Gasteiger partial charge in [0.25, 0.3) is 0 Å². The molecule has 0 atom stereocenters. The SMILES string of the molecule is COc1cccc(C=NNC(N)=O)c1OCC#N. The van der Waals surface area contributed by atoms with E-state index in [0.717, 1.165) is 0 Å². The first-order chi connectivity index (χ1) is 8.69. The Bertz CT molecular complexity index is 494. The van der Waals surface area contributed by atoms with Gasteiger partial charge in [-0.2, -0.15) is 10.4 Å². The van der Waals surface area contributed by atoms with E-state index in [0.29, 0.717) is 17.1 Å². The number of ether oxygens (including phenoxy) is 2. The van der Waals surface area contributed by atoms with E-state index in [2.05, 4.69) is 10.5 Å². The Morgan fingerprint density at radius 1 is 1.67 bits per heavy atom. The molecule has 2 amide bonds. The number of hydrogen-bond acceptors (Lipinski definition) is 5. The fraction of sp³-hybridized carbons (Fsp3) is 0.182. The predicted molar refractivity (Wildman–Crippen MR) is 64.4 cm³/mol. The van der Waals surface area contributed by atoms with Crippen LogP contribution in [-0.4, -0.2) is 26.0 Å². The number of carbonyl (C=O) groups excluding carboxylic acids is 1. The van der Waals surface area contributed by atoms with Gasteiger partial charge in [-0.3, -0.25) is 0 Å². The number of nitrogens with one attached hydrogen (secondary N) is 1. The summed E-state index contributed by atoms with van der Waals surface area (Å²) in [6, 6.07) is 6.20. The molecule has 1 aromatic carbocycles. The van der Waals surface area contributed by atoms with Crippen LogP contribution < -0.4 is 20.6 Å². The smallest absolute Gasteiger partial charge is 0.332 e. The van der Waals surface area contributed by atoms with Gasteiger partial charge >= 0.3 is 6.03 Å². The van der Waals surface area contributed by atoms with Crippen LogP contribution in [0.15, 0.2) is 23.3 Å². The maximum Gasteiger partial charge on any atom is 0.332 e. The van der Waals surface area contributed by atoms with Crippen molar-refractivity contribution in [3.8, 4) is 17.6 Å². The van der Waals surface area contributed by atoms with E-state index < -0.39 is 6.03 Å². The zero-order chi connectivity index (χ0) is 13.4. The van der Waals surface area contributed by atoms with Gasteiger partial charge in [-0.1, -0.05) is 6.07 Å². The molecule has 1 rings (SSSR count). The Balaban J connectivity index is 2.98. The highest BCUT2D eigenvalue weighted by atomic mass is 16.5. The molecule has 18 heavy (non-hydrogen) atoms. The van der Waals surface area contributed by atoms with Crippen LogP contribution in [-0.2, 0) is 0 Å². The Kier molecular flexibility index (Phi) is 4.99. The second-order valence-corrected chi connectivity index (χ2v) is 3.06. The summed E-state index contributed by atoms with van der Waals surface area (Å²) in [5, 5.41) is 12.1. The van der Waals surface area contributed by atoms with Crippen molar-refractivity contribution in [3.05, 3.63) is 23.8 Å². The molecule has 94 valence electrons. The molecule has 0 aliphatic heterocycles. The monoisotopic (exact) mass is 248 g/mol. The van der Waals surface area contributed by atoms with Crippen molar-refractivity contribution in [2.24, 2.45) is 10.8 Å². The van der Waals surface area contributed by atoms with Gasteiger partial charge in [0.1, 0.15) is 6.07 Å². The van der Waals surface area contributed by atoms with Crippen LogP contribution in [0, 0.1) is 11.3 Å². The number of para-hydroxylation sites is 1. The third-order valence-corrected chi connectivity index (χ3v) is 1.89. The van der Waals surface area contributed by atoms with Crippen molar-refractivity contribution in [1.82, 2.24) is 5.43 Å². The van der Waals surface area contributed by atoms with Crippen molar-refractivity contribution >= 4 is 12.2 Å². The van der Waals surface area contributed by atoms with Gasteiger partial charge in [0, 0.05) is 5.56 Å². The van der Waals surface area contributed by atoms with Gasteiger partial charge < -0.3 is 15.2 Å². The molecule has 0 radical (unpaired) electrons. The molecule has 0 bridgehead atoms. The molecule has 1 aromatic rings. The van der Waals surface area contributed by atoms with Crippen LogP contribution in [0.1, 0.15) is 5.56 Å². The molecule has 0 heterocycles. The highest BCUT2D eigenvalue weighted by molar-refractivity contribution is 5.86. The maximum absolute atomic E-state index is 10.5. The average Bonchev–Trinajstić information content (AvgIpc) is 2.36. The number of urea groups is 1. The van der Waals surface area contributed by atoms with Gasteiger partial charge in [-0.05, 0) is 12.1 Å². The summed E-state index contributed by atoms with van der Waals surface area (Å²) in [6.07, 6.45) is 1.35. The van der Waals surface area contributed by atoms with Crippen LogP contribution >= 0.6 is 0 Å². The van der Waals surface area contributed by atoms with Crippen molar-refractivity contribution in [3.63, 3.8) is 0 Å². The molecule has 0 fully saturated rings. The maximum atomic E-state index is 10.5. The summed E-state index contributed by atoms with van der Waals surface area (Å²) in [4.78, 5) is 10.5. The third kappa shape index (κ3) is 3.68. The lowest BCUT2D eigenvalue weighted by molar-refractivity contribution is 0.249. The minimum atomic E-state index is -0.770. The summed E-state index contributed by atoms with van der Waals surface area (Å²) in [7, 11) is 1.48. The molecule has 0 saturated carbocycles. The van der Waals surface area contributed by atoms with E-state index in [4.69, 9.17) is 20.5 Å². The van der Waals surface area contributed by atoms with Crippen LogP contribution in [0.3, 0.4) is 0 Å². The summed E-state index contributed by atoms with van der Waals surface area (Å²) in [5.74, 6) is 0.838. The fourth-order valence-electron chi connectivity index (χ4n) is 1.22. The number of nitrogens with two attached hydrogens (primary N) is 1. The minimum Gasteiger partial charge on any atom is -0.493 e. The molecule has 0 unspecified atom stereocenters. The van der Waals surface area contributed by atoms with Crippen LogP contribution in [0.2, 0.25) is 0 Å². The number of hydrogen-bond donors (Lipinski definition) is 2. The normalized spacial score (nSPS) is 9.78. The number of nitriles is 1. The number of rotatable bonds is 5. The summed E-state index contributed by atoms with van der Waals surface area (Å²) >= 11 is 0. The average molecular weight is 248 g/mol. The second kappa shape index (κ2) is 6.75. The Morgan fingerprint density at radius 3 is 3.06 bits per heavy atom. The van der Waals surface area contributed by atoms with Gasteiger partial charge in [-0.15, -0.1) is 0 Å². The summed E-state index contributed by atoms with van der Waals surface area (Å²) in [5.41, 5.74) is 7.48. The standard InChI is InChI=1S/C11H12N4O3/c1-17-9-4-2-3-8(7-14-15-11(13)16)10(9)18-6-5-12/h2-4,7H,6H2,1H3,(H3,13,15,16). The van der Waals surface area contributed by atoms with Crippen LogP contribution in [0.4, 0.5) is 4.79 Å². The van der Waals surface area contributed by atoms with Crippen molar-refractivity contribution in [1.29, 1.82) is 5.26 Å². The zero-order valence-electron chi connectivity index (χ0n) is 9.71. The highest BCUT2D eigenvalue weighted by Gasteiger charge is 2.08. The molecule has 3 N–H and O–H groups in total. The molecule has 0 aromatic heterocycles. The molecule has 7 heteroatoms. The van der Waals surface area contributed by atoms with Gasteiger partial charge in [0.05, 0.1) is 13.3 Å². The zero-order valence-corrected chi connectivity index (χ0v) is 9.71. The topological polar surface area (TPSA) is 110 Å². The number of benzene rings is 1. The van der Waals surface area contributed by atoms with Crippen molar-refractivity contribution < 1.29 is 14.3 Å². The van der Waals surface area contributed by atoms with Crippen molar-refractivity contribution in [2.75, 3.05) is 13.7 Å². The summed E-state index contributed by atoms with van der Waals surface area (Å²) < 4.78 is 10.3. The number of methoxy groups -OCH3 is 1. The van der Waals surface area contributed by atoms with E-state index >= 15 is 0 Å². The van der Waals surface area contributed by atoms with Gasteiger partial charge in [-0.25, -0.2) is 10.2 Å². The first-order valence-electron chi connectivity index (χ1n) is 4.94. The number of hydrazone groups is 1. The number of carbonyl (C=O) groups is 1. The Labute approximate surface area is 104 Å². The number of nitrogens with zero attached hydrogens (tertiary/aromatic N) is 2. The van der Waals surface area contributed by atoms with E-state index in [1.54, 1.807) is 18.2 Å². The molecule has 0 aliphatic carbocycles. The van der Waals surface area contributed by atoms with E-state index in [1.165, 1.54) is 13.3 Å². The lowest BCUT2D eigenvalue weighted by atomic mass is 10.2.